The van der Waals surface area contributed by atoms with Crippen molar-refractivity contribution in [3.05, 3.63) is 22.4 Å². The number of esters is 1. The number of nitrogens with zero attached hydrogens (tertiary/aromatic N) is 4. The number of aromatic nitrogens is 4. The molecule has 0 amide bonds. The zero-order chi connectivity index (χ0) is 14.6. The van der Waals surface area contributed by atoms with E-state index in [2.05, 4.69) is 15.5 Å². The lowest BCUT2D eigenvalue weighted by molar-refractivity contribution is -0.151. The average molecular weight is 312 g/mol. The smallest absolute Gasteiger partial charge is 0.316 e. The third-order valence-electron chi connectivity index (χ3n) is 2.12. The van der Waals surface area contributed by atoms with E-state index >= 15 is 0 Å². The van der Waals surface area contributed by atoms with Crippen molar-refractivity contribution in [3.63, 3.8) is 0 Å². The third kappa shape index (κ3) is 4.61. The second-order valence-corrected chi connectivity index (χ2v) is 7.05. The van der Waals surface area contributed by atoms with Gasteiger partial charge in [-0.2, -0.15) is 0 Å². The molecule has 2 aromatic heterocycles. The van der Waals surface area contributed by atoms with E-state index in [1.165, 1.54) is 11.8 Å². The first-order valence-corrected chi connectivity index (χ1v) is 7.94. The molecule has 0 saturated heterocycles. The van der Waals surface area contributed by atoms with Gasteiger partial charge in [0.15, 0.2) is 0 Å². The van der Waals surface area contributed by atoms with Crippen molar-refractivity contribution in [2.45, 2.75) is 38.1 Å². The molecule has 0 radical (unpaired) electrons. The Labute approximate surface area is 125 Å². The Hall–Kier alpha value is -1.41. The van der Waals surface area contributed by atoms with Crippen molar-refractivity contribution >= 4 is 29.1 Å². The molecule has 2 rings (SSSR count). The Morgan fingerprint density at radius 1 is 1.50 bits per heavy atom. The van der Waals surface area contributed by atoms with E-state index in [4.69, 9.17) is 4.74 Å². The largest absolute Gasteiger partial charge is 0.459 e. The highest BCUT2D eigenvalue weighted by Crippen LogP contribution is 2.18. The van der Waals surface area contributed by atoms with Gasteiger partial charge in [0.25, 0.3) is 0 Å². The van der Waals surface area contributed by atoms with Gasteiger partial charge in [-0.3, -0.25) is 4.79 Å². The van der Waals surface area contributed by atoms with Crippen molar-refractivity contribution in [2.75, 3.05) is 5.75 Å². The lowest BCUT2D eigenvalue weighted by Crippen LogP contribution is -2.25. The third-order valence-corrected chi connectivity index (χ3v) is 3.92. The van der Waals surface area contributed by atoms with Crippen LogP contribution in [0.4, 0.5) is 0 Å². The van der Waals surface area contributed by atoms with Gasteiger partial charge < -0.3 is 4.74 Å². The molecule has 0 unspecified atom stereocenters. The molecule has 0 atom stereocenters. The number of thioether (sulfide) groups is 1. The molecule has 0 saturated carbocycles. The van der Waals surface area contributed by atoms with Gasteiger partial charge >= 0.3 is 5.97 Å². The van der Waals surface area contributed by atoms with E-state index in [1.807, 2.05) is 38.3 Å². The first kappa shape index (κ1) is 15.0. The van der Waals surface area contributed by atoms with Crippen molar-refractivity contribution in [2.24, 2.45) is 0 Å². The second kappa shape index (κ2) is 6.36. The van der Waals surface area contributed by atoms with Crippen LogP contribution in [0.5, 0.6) is 0 Å². The van der Waals surface area contributed by atoms with Crippen LogP contribution in [0.15, 0.2) is 22.7 Å². The first-order chi connectivity index (χ1) is 9.44. The predicted molar refractivity (Wildman–Crippen MR) is 77.8 cm³/mol. The molecule has 0 spiro atoms. The van der Waals surface area contributed by atoms with E-state index < -0.39 is 5.60 Å². The molecule has 0 aromatic carbocycles. The zero-order valence-corrected chi connectivity index (χ0v) is 13.2. The summed E-state index contributed by atoms with van der Waals surface area (Å²) >= 11 is 2.93. The molecule has 20 heavy (non-hydrogen) atoms. The minimum atomic E-state index is -0.472. The van der Waals surface area contributed by atoms with Crippen LogP contribution < -0.4 is 0 Å². The fraction of sp³-hybridized carbons (Fsp3) is 0.500. The number of rotatable bonds is 5. The van der Waals surface area contributed by atoms with Crippen LogP contribution in [0, 0.1) is 0 Å². The second-order valence-electron chi connectivity index (χ2n) is 5.07. The maximum Gasteiger partial charge on any atom is 0.316 e. The van der Waals surface area contributed by atoms with Gasteiger partial charge in [0.2, 0.25) is 5.16 Å². The van der Waals surface area contributed by atoms with Crippen LogP contribution >= 0.6 is 23.1 Å². The molecule has 6 nitrogen and oxygen atoms in total. The van der Waals surface area contributed by atoms with Crippen LogP contribution in [0.3, 0.4) is 0 Å². The predicted octanol–water partition coefficient (Wildman–Crippen LogP) is 2.22. The van der Waals surface area contributed by atoms with E-state index in [0.717, 1.165) is 4.88 Å². The normalized spacial score (nSPS) is 11.6. The van der Waals surface area contributed by atoms with Gasteiger partial charge in [0.05, 0.1) is 12.3 Å². The molecule has 0 N–H and O–H groups in total. The van der Waals surface area contributed by atoms with E-state index in [0.29, 0.717) is 11.7 Å². The van der Waals surface area contributed by atoms with Crippen LogP contribution in [-0.4, -0.2) is 37.5 Å². The van der Waals surface area contributed by atoms with Gasteiger partial charge in [-0.1, -0.05) is 17.8 Å². The van der Waals surface area contributed by atoms with Gasteiger partial charge in [-0.05, 0) is 42.6 Å². The van der Waals surface area contributed by atoms with E-state index in [9.17, 15) is 4.79 Å². The maximum absolute atomic E-state index is 11.7. The number of carbonyl (C=O) groups excluding carboxylic acids is 1. The highest BCUT2D eigenvalue weighted by molar-refractivity contribution is 7.99. The van der Waals surface area contributed by atoms with E-state index in [1.54, 1.807) is 16.0 Å². The molecule has 0 aliphatic carbocycles. The molecule has 8 heteroatoms. The number of carbonyl (C=O) groups is 1. The maximum atomic E-state index is 11.7. The number of hydrogen-bond acceptors (Lipinski definition) is 7. The fourth-order valence-electron chi connectivity index (χ4n) is 1.44. The summed E-state index contributed by atoms with van der Waals surface area (Å²) in [6.45, 7) is 6.14. The molecule has 0 aliphatic rings. The zero-order valence-electron chi connectivity index (χ0n) is 11.6. The van der Waals surface area contributed by atoms with Crippen LogP contribution in [-0.2, 0) is 16.1 Å². The summed E-state index contributed by atoms with van der Waals surface area (Å²) in [5, 5.41) is 14.1. The standard InChI is InChI=1S/C12H16N4O2S2/c1-12(2,3)18-10(17)8-20-11-13-14-15-16(11)7-9-5-4-6-19-9/h4-6H,7-8H2,1-3H3. The number of thiophene rings is 1. The molecule has 0 fully saturated rings. The molecule has 0 aliphatic heterocycles. The highest BCUT2D eigenvalue weighted by atomic mass is 32.2. The average Bonchev–Trinajstić information content (AvgIpc) is 2.96. The van der Waals surface area contributed by atoms with Crippen molar-refractivity contribution in [3.8, 4) is 0 Å². The monoisotopic (exact) mass is 312 g/mol. The molecular formula is C12H16N4O2S2. The fourth-order valence-corrected chi connectivity index (χ4v) is 2.78. The Morgan fingerprint density at radius 2 is 2.30 bits per heavy atom. The Bertz CT molecular complexity index is 560. The molecule has 108 valence electrons. The number of tetrazole rings is 1. The van der Waals surface area contributed by atoms with Crippen LogP contribution in [0.1, 0.15) is 25.6 Å². The Balaban J connectivity index is 1.91. The summed E-state index contributed by atoms with van der Waals surface area (Å²) < 4.78 is 6.93. The van der Waals surface area contributed by atoms with E-state index in [-0.39, 0.29) is 11.7 Å². The SMILES string of the molecule is CC(C)(C)OC(=O)CSc1nnnn1Cc1cccs1. The first-order valence-electron chi connectivity index (χ1n) is 6.07. The molecule has 2 aromatic rings. The minimum Gasteiger partial charge on any atom is -0.459 e. The number of hydrogen-bond donors (Lipinski definition) is 0. The van der Waals surface area contributed by atoms with Crippen molar-refractivity contribution < 1.29 is 9.53 Å². The summed E-state index contributed by atoms with van der Waals surface area (Å²) in [5.74, 6) is -0.0737. The van der Waals surface area contributed by atoms with Gasteiger partial charge in [-0.25, -0.2) is 4.68 Å². The summed E-state index contributed by atoms with van der Waals surface area (Å²) in [6, 6.07) is 4.01. The lowest BCUT2D eigenvalue weighted by atomic mass is 10.2. The summed E-state index contributed by atoms with van der Waals surface area (Å²) in [5.41, 5.74) is -0.472. The highest BCUT2D eigenvalue weighted by Gasteiger charge is 2.17. The van der Waals surface area contributed by atoms with Gasteiger partial charge in [0, 0.05) is 4.88 Å². The Morgan fingerprint density at radius 3 is 2.95 bits per heavy atom. The Kier molecular flexibility index (Phi) is 4.77. The molecular weight excluding hydrogens is 296 g/mol. The minimum absolute atomic E-state index is 0.197. The molecule has 0 bridgehead atoms. The lowest BCUT2D eigenvalue weighted by Gasteiger charge is -2.19. The topological polar surface area (TPSA) is 69.9 Å². The van der Waals surface area contributed by atoms with Gasteiger partial charge in [-0.15, -0.1) is 16.4 Å². The van der Waals surface area contributed by atoms with Crippen LogP contribution in [0.25, 0.3) is 0 Å². The van der Waals surface area contributed by atoms with Crippen LogP contribution in [0.2, 0.25) is 0 Å². The summed E-state index contributed by atoms with van der Waals surface area (Å²) in [6.07, 6.45) is 0. The van der Waals surface area contributed by atoms with Gasteiger partial charge in [0.1, 0.15) is 5.60 Å². The summed E-state index contributed by atoms with van der Waals surface area (Å²) in [7, 11) is 0. The van der Waals surface area contributed by atoms with Crippen molar-refractivity contribution in [1.29, 1.82) is 0 Å². The number of ether oxygens (including phenoxy) is 1. The molecule has 2 heterocycles. The summed E-state index contributed by atoms with van der Waals surface area (Å²) in [4.78, 5) is 12.8. The quantitative estimate of drug-likeness (QED) is 0.623. The van der Waals surface area contributed by atoms with Crippen molar-refractivity contribution in [1.82, 2.24) is 20.2 Å².